The van der Waals surface area contributed by atoms with Crippen LogP contribution in [0.5, 0.6) is 0 Å². The van der Waals surface area contributed by atoms with Gasteiger partial charge in [-0.15, -0.1) is 0 Å². The lowest BCUT2D eigenvalue weighted by molar-refractivity contribution is 0.0600. The molecule has 142 valence electrons. The van der Waals surface area contributed by atoms with Crippen LogP contribution in [0.4, 0.5) is 0 Å². The van der Waals surface area contributed by atoms with E-state index in [1.807, 2.05) is 13.0 Å². The average Bonchev–Trinajstić information content (AvgIpc) is 2.72. The summed E-state index contributed by atoms with van der Waals surface area (Å²) in [4.78, 5) is 33.2. The lowest BCUT2D eigenvalue weighted by Gasteiger charge is -2.24. The summed E-state index contributed by atoms with van der Waals surface area (Å²) in [6.45, 7) is 4.00. The highest BCUT2D eigenvalue weighted by molar-refractivity contribution is 5.95. The molecule has 7 nitrogen and oxygen atoms in total. The van der Waals surface area contributed by atoms with E-state index in [9.17, 15) is 9.59 Å². The largest absolute Gasteiger partial charge is 0.465 e. The number of rotatable bonds is 5. The number of methoxy groups -OCH3 is 1. The van der Waals surface area contributed by atoms with Crippen LogP contribution in [0.1, 0.15) is 56.6 Å². The standard InChI is InChI=1S/C20H24N4O3/c1-13-22-12-17(18(24-13)15-6-8-21-9-7-15)19(25)23-11-14-4-3-5-16(10-14)20(26)27-2/h3-5,10,12,15,21H,6-9,11H2,1-2H3,(H,23,25). The van der Waals surface area contributed by atoms with Gasteiger partial charge in [0.05, 0.1) is 23.9 Å². The van der Waals surface area contributed by atoms with Crippen molar-refractivity contribution >= 4 is 11.9 Å². The summed E-state index contributed by atoms with van der Waals surface area (Å²) in [6.07, 6.45) is 3.52. The maximum absolute atomic E-state index is 12.8. The number of hydrogen-bond donors (Lipinski definition) is 2. The fourth-order valence-electron chi connectivity index (χ4n) is 3.27. The predicted molar refractivity (Wildman–Crippen MR) is 101 cm³/mol. The van der Waals surface area contributed by atoms with Crippen molar-refractivity contribution in [2.24, 2.45) is 0 Å². The van der Waals surface area contributed by atoms with Gasteiger partial charge in [0.2, 0.25) is 0 Å². The molecular weight excluding hydrogens is 344 g/mol. The fourth-order valence-corrected chi connectivity index (χ4v) is 3.27. The number of amides is 1. The molecule has 1 aliphatic rings. The first kappa shape index (κ1) is 19.0. The molecular formula is C20H24N4O3. The number of carbonyl (C=O) groups is 2. The Balaban J connectivity index is 1.74. The van der Waals surface area contributed by atoms with E-state index in [4.69, 9.17) is 4.74 Å². The minimum absolute atomic E-state index is 0.202. The second-order valence-electron chi connectivity index (χ2n) is 6.62. The normalized spacial score (nSPS) is 14.6. The Morgan fingerprint density at radius 2 is 2.07 bits per heavy atom. The van der Waals surface area contributed by atoms with Crippen molar-refractivity contribution < 1.29 is 14.3 Å². The van der Waals surface area contributed by atoms with E-state index in [0.717, 1.165) is 37.2 Å². The molecule has 2 N–H and O–H groups in total. The molecule has 1 aromatic heterocycles. The molecule has 0 unspecified atom stereocenters. The molecule has 0 saturated carbocycles. The highest BCUT2D eigenvalue weighted by Gasteiger charge is 2.23. The quantitative estimate of drug-likeness (QED) is 0.784. The number of aryl methyl sites for hydroxylation is 1. The molecule has 0 aliphatic carbocycles. The zero-order valence-electron chi connectivity index (χ0n) is 15.6. The van der Waals surface area contributed by atoms with E-state index in [0.29, 0.717) is 23.5 Å². The number of aromatic nitrogens is 2. The number of esters is 1. The maximum Gasteiger partial charge on any atom is 0.337 e. The van der Waals surface area contributed by atoms with Crippen LogP contribution in [-0.2, 0) is 11.3 Å². The van der Waals surface area contributed by atoms with Crippen LogP contribution in [0.3, 0.4) is 0 Å². The van der Waals surface area contributed by atoms with Gasteiger partial charge in [-0.3, -0.25) is 4.79 Å². The molecule has 1 amide bonds. The van der Waals surface area contributed by atoms with Crippen molar-refractivity contribution in [2.75, 3.05) is 20.2 Å². The third kappa shape index (κ3) is 4.68. The summed E-state index contributed by atoms with van der Waals surface area (Å²) >= 11 is 0. The van der Waals surface area contributed by atoms with Gasteiger partial charge in [-0.25, -0.2) is 14.8 Å². The Morgan fingerprint density at radius 1 is 1.30 bits per heavy atom. The molecule has 2 heterocycles. The van der Waals surface area contributed by atoms with Gasteiger partial charge < -0.3 is 15.4 Å². The predicted octanol–water partition coefficient (Wildman–Crippen LogP) is 1.97. The van der Waals surface area contributed by atoms with Gasteiger partial charge in [-0.05, 0) is 50.6 Å². The van der Waals surface area contributed by atoms with Crippen LogP contribution in [0.15, 0.2) is 30.5 Å². The first-order valence-electron chi connectivity index (χ1n) is 9.08. The van der Waals surface area contributed by atoms with E-state index < -0.39 is 5.97 Å². The van der Waals surface area contributed by atoms with Crippen molar-refractivity contribution in [3.63, 3.8) is 0 Å². The molecule has 2 aromatic rings. The minimum atomic E-state index is -0.400. The van der Waals surface area contributed by atoms with E-state index in [-0.39, 0.29) is 11.8 Å². The third-order valence-electron chi connectivity index (χ3n) is 4.71. The van der Waals surface area contributed by atoms with Crippen molar-refractivity contribution in [1.82, 2.24) is 20.6 Å². The number of piperidine rings is 1. The Labute approximate surface area is 158 Å². The van der Waals surface area contributed by atoms with Gasteiger partial charge in [0.25, 0.3) is 5.91 Å². The number of carbonyl (C=O) groups excluding carboxylic acids is 2. The second kappa shape index (κ2) is 8.73. The zero-order valence-corrected chi connectivity index (χ0v) is 15.6. The average molecular weight is 368 g/mol. The lowest BCUT2D eigenvalue weighted by atomic mass is 9.91. The molecule has 27 heavy (non-hydrogen) atoms. The third-order valence-corrected chi connectivity index (χ3v) is 4.71. The van der Waals surface area contributed by atoms with Crippen LogP contribution in [-0.4, -0.2) is 42.0 Å². The number of ether oxygens (including phenoxy) is 1. The van der Waals surface area contributed by atoms with Gasteiger partial charge in [0.1, 0.15) is 5.82 Å². The molecule has 1 aromatic carbocycles. The van der Waals surface area contributed by atoms with Crippen molar-refractivity contribution in [3.8, 4) is 0 Å². The van der Waals surface area contributed by atoms with Crippen LogP contribution in [0.25, 0.3) is 0 Å². The van der Waals surface area contributed by atoms with E-state index in [2.05, 4.69) is 20.6 Å². The van der Waals surface area contributed by atoms with Crippen molar-refractivity contribution in [3.05, 3.63) is 58.7 Å². The van der Waals surface area contributed by atoms with Gasteiger partial charge >= 0.3 is 5.97 Å². The molecule has 0 bridgehead atoms. The molecule has 1 fully saturated rings. The highest BCUT2D eigenvalue weighted by Crippen LogP contribution is 2.26. The molecule has 0 spiro atoms. The van der Waals surface area contributed by atoms with Crippen molar-refractivity contribution in [1.29, 1.82) is 0 Å². The summed E-state index contributed by atoms with van der Waals surface area (Å²) in [7, 11) is 1.34. The summed E-state index contributed by atoms with van der Waals surface area (Å²) in [5.74, 6) is 0.331. The minimum Gasteiger partial charge on any atom is -0.465 e. The fraction of sp³-hybridized carbons (Fsp3) is 0.400. The summed E-state index contributed by atoms with van der Waals surface area (Å²) in [6, 6.07) is 7.01. The van der Waals surface area contributed by atoms with Gasteiger partial charge in [0.15, 0.2) is 0 Å². The molecule has 3 rings (SSSR count). The SMILES string of the molecule is COC(=O)c1cccc(CNC(=O)c2cnc(C)nc2C2CCNCC2)c1. The van der Waals surface area contributed by atoms with Gasteiger partial charge in [-0.2, -0.15) is 0 Å². The lowest BCUT2D eigenvalue weighted by Crippen LogP contribution is -2.30. The molecule has 0 radical (unpaired) electrons. The topological polar surface area (TPSA) is 93.2 Å². The maximum atomic E-state index is 12.8. The Kier molecular flexibility index (Phi) is 6.13. The smallest absolute Gasteiger partial charge is 0.337 e. The Bertz CT molecular complexity index is 832. The Morgan fingerprint density at radius 3 is 2.81 bits per heavy atom. The van der Waals surface area contributed by atoms with E-state index in [1.165, 1.54) is 7.11 Å². The summed E-state index contributed by atoms with van der Waals surface area (Å²) in [5.41, 5.74) is 2.63. The van der Waals surface area contributed by atoms with Crippen LogP contribution in [0.2, 0.25) is 0 Å². The first-order valence-corrected chi connectivity index (χ1v) is 9.08. The monoisotopic (exact) mass is 368 g/mol. The molecule has 0 atom stereocenters. The Hall–Kier alpha value is -2.80. The van der Waals surface area contributed by atoms with Crippen LogP contribution < -0.4 is 10.6 Å². The number of hydrogen-bond acceptors (Lipinski definition) is 6. The number of nitrogens with one attached hydrogen (secondary N) is 2. The molecule has 7 heteroatoms. The van der Waals surface area contributed by atoms with Crippen molar-refractivity contribution in [2.45, 2.75) is 32.2 Å². The van der Waals surface area contributed by atoms with Crippen LogP contribution >= 0.6 is 0 Å². The van der Waals surface area contributed by atoms with Gasteiger partial charge in [-0.1, -0.05) is 12.1 Å². The summed E-state index contributed by atoms with van der Waals surface area (Å²) < 4.78 is 4.73. The zero-order chi connectivity index (χ0) is 19.2. The van der Waals surface area contributed by atoms with E-state index >= 15 is 0 Å². The molecule has 1 saturated heterocycles. The second-order valence-corrected chi connectivity index (χ2v) is 6.62. The first-order chi connectivity index (χ1) is 13.1. The molecule has 1 aliphatic heterocycles. The number of benzene rings is 1. The number of nitrogens with zero attached hydrogens (tertiary/aromatic N) is 2. The van der Waals surface area contributed by atoms with E-state index in [1.54, 1.807) is 24.4 Å². The van der Waals surface area contributed by atoms with Gasteiger partial charge in [0, 0.05) is 18.7 Å². The summed E-state index contributed by atoms with van der Waals surface area (Å²) in [5, 5.41) is 6.24. The highest BCUT2D eigenvalue weighted by atomic mass is 16.5. The van der Waals surface area contributed by atoms with Crippen LogP contribution in [0, 0.1) is 6.92 Å².